The number of esters is 1. The first-order chi connectivity index (χ1) is 16.9. The second-order valence-electron chi connectivity index (χ2n) is 10.2. The molecule has 5 rings (SSSR count). The van der Waals surface area contributed by atoms with Crippen molar-refractivity contribution in [2.75, 3.05) is 6.54 Å². The van der Waals surface area contributed by atoms with Gasteiger partial charge in [0.1, 0.15) is 17.5 Å². The number of aromatic nitrogens is 1. The van der Waals surface area contributed by atoms with E-state index in [1.165, 1.54) is 12.1 Å². The fraction of sp³-hybridized carbons (Fsp3) is 0.464. The molecule has 2 aliphatic carbocycles. The number of cyclic esters (lactones) is 1. The summed E-state index contributed by atoms with van der Waals surface area (Å²) in [6, 6.07) is 10.3. The monoisotopic (exact) mass is 478 g/mol. The summed E-state index contributed by atoms with van der Waals surface area (Å²) in [4.78, 5) is 29.1. The molecule has 0 amide bonds. The molecule has 3 aliphatic rings. The number of rotatable bonds is 6. The molecule has 0 radical (unpaired) electrons. The van der Waals surface area contributed by atoms with Crippen molar-refractivity contribution in [2.24, 2.45) is 23.7 Å². The molecule has 3 fully saturated rings. The van der Waals surface area contributed by atoms with E-state index < -0.39 is 11.5 Å². The number of allylic oxidation sites excluding steroid dienone is 1. The van der Waals surface area contributed by atoms with Crippen LogP contribution in [-0.2, 0) is 14.3 Å². The summed E-state index contributed by atoms with van der Waals surface area (Å²) in [6.07, 6.45) is 10.7. The van der Waals surface area contributed by atoms with Gasteiger partial charge in [0.15, 0.2) is 0 Å². The Morgan fingerprint density at radius 3 is 2.83 bits per heavy atom. The molecule has 0 bridgehead atoms. The lowest BCUT2D eigenvalue weighted by atomic mass is 9.54. The van der Waals surface area contributed by atoms with Gasteiger partial charge in [-0.2, -0.15) is 0 Å². The molecule has 35 heavy (non-hydrogen) atoms. The smallest absolute Gasteiger partial charge is 0.327 e. The van der Waals surface area contributed by atoms with Gasteiger partial charge in [-0.25, -0.2) is 4.39 Å². The zero-order chi connectivity index (χ0) is 24.6. The number of hydrogen-bond acceptors (Lipinski definition) is 5. The van der Waals surface area contributed by atoms with Gasteiger partial charge in [-0.3, -0.25) is 19.9 Å². The van der Waals surface area contributed by atoms with Gasteiger partial charge in [-0.1, -0.05) is 43.5 Å². The Bertz CT molecular complexity index is 1130. The lowest BCUT2D eigenvalue weighted by Crippen LogP contribution is -2.63. The Morgan fingerprint density at radius 1 is 1.26 bits per heavy atom. The van der Waals surface area contributed by atoms with Crippen molar-refractivity contribution in [1.82, 2.24) is 10.3 Å². The van der Waals surface area contributed by atoms with Gasteiger partial charge in [0.05, 0.1) is 12.2 Å². The number of benzene rings is 1. The molecule has 6 atom stereocenters. The number of nitrogens with zero attached hydrogens (tertiary/aromatic N) is 1. The maximum Gasteiger partial charge on any atom is 0.327 e. The minimum atomic E-state index is -0.981. The predicted molar refractivity (Wildman–Crippen MR) is 130 cm³/mol. The number of halogens is 1. The Morgan fingerprint density at radius 2 is 2.09 bits per heavy atom. The summed E-state index contributed by atoms with van der Waals surface area (Å²) in [5.41, 5.74) is 1.42. The second kappa shape index (κ2) is 9.53. The third kappa shape index (κ3) is 4.49. The minimum Gasteiger partial charge on any atom is -0.480 e. The Hall–Kier alpha value is -3.06. The number of hydrogen-bond donors (Lipinski definition) is 2. The Balaban J connectivity index is 1.44. The van der Waals surface area contributed by atoms with Crippen LogP contribution in [0.2, 0.25) is 0 Å². The van der Waals surface area contributed by atoms with Crippen LogP contribution < -0.4 is 5.32 Å². The molecule has 2 saturated carbocycles. The van der Waals surface area contributed by atoms with Crippen LogP contribution in [-0.4, -0.2) is 40.2 Å². The highest BCUT2D eigenvalue weighted by Crippen LogP contribution is 2.55. The highest BCUT2D eigenvalue weighted by Gasteiger charge is 2.63. The molecule has 4 unspecified atom stereocenters. The third-order valence-electron chi connectivity index (χ3n) is 8.18. The number of carbonyl (C=O) groups is 2. The highest BCUT2D eigenvalue weighted by atomic mass is 19.1. The van der Waals surface area contributed by atoms with Gasteiger partial charge in [-0.15, -0.1) is 0 Å². The maximum atomic E-state index is 13.6. The molecule has 1 aromatic heterocycles. The van der Waals surface area contributed by atoms with E-state index in [0.717, 1.165) is 42.5 Å². The molecule has 1 aliphatic heterocycles. The summed E-state index contributed by atoms with van der Waals surface area (Å²) in [7, 11) is 0. The van der Waals surface area contributed by atoms with E-state index >= 15 is 0 Å². The first-order valence-corrected chi connectivity index (χ1v) is 12.5. The first-order valence-electron chi connectivity index (χ1n) is 12.5. The highest BCUT2D eigenvalue weighted by molar-refractivity contribution is 5.85. The van der Waals surface area contributed by atoms with Crippen LogP contribution in [0.3, 0.4) is 0 Å². The number of nitrogens with one attached hydrogen (secondary N) is 1. The summed E-state index contributed by atoms with van der Waals surface area (Å²) >= 11 is 0. The lowest BCUT2D eigenvalue weighted by Gasteiger charge is -2.51. The normalized spacial score (nSPS) is 32.2. The number of ether oxygens (including phenoxy) is 1. The van der Waals surface area contributed by atoms with E-state index in [1.807, 2.05) is 31.2 Å². The van der Waals surface area contributed by atoms with Gasteiger partial charge < -0.3 is 9.84 Å². The van der Waals surface area contributed by atoms with E-state index in [4.69, 9.17) is 4.74 Å². The van der Waals surface area contributed by atoms with Crippen LogP contribution in [0.4, 0.5) is 4.39 Å². The fourth-order valence-corrected chi connectivity index (χ4v) is 6.73. The number of carbonyl (C=O) groups excluding carboxylic acids is 1. The number of pyridine rings is 1. The van der Waals surface area contributed by atoms with Crippen LogP contribution >= 0.6 is 0 Å². The number of fused-ring (bicyclic) bond motifs is 2. The lowest BCUT2D eigenvalue weighted by molar-refractivity contribution is -0.147. The van der Waals surface area contributed by atoms with Crippen LogP contribution in [0, 0.1) is 29.5 Å². The maximum absolute atomic E-state index is 13.6. The van der Waals surface area contributed by atoms with Crippen LogP contribution in [0.25, 0.3) is 17.2 Å². The molecular formula is C28H31FN2O4. The van der Waals surface area contributed by atoms with E-state index in [2.05, 4.69) is 16.4 Å². The van der Waals surface area contributed by atoms with Crippen molar-refractivity contribution in [2.45, 2.75) is 50.7 Å². The van der Waals surface area contributed by atoms with E-state index in [-0.39, 0.29) is 36.3 Å². The zero-order valence-electron chi connectivity index (χ0n) is 19.8. The molecule has 2 aromatic rings. The SMILES string of the molecule is CC1OC(=O)C2(NCC(=O)O)CC3CCCC[C@H]3[C@H](/C=C/c3ccc(-c4cccc(F)c4)cn3)C12. The van der Waals surface area contributed by atoms with Gasteiger partial charge in [-0.05, 0) is 67.4 Å². The van der Waals surface area contributed by atoms with Crippen molar-refractivity contribution in [1.29, 1.82) is 0 Å². The number of carboxylic acid groups (broad SMARTS) is 1. The molecule has 7 heteroatoms. The van der Waals surface area contributed by atoms with Gasteiger partial charge in [0.2, 0.25) is 0 Å². The molecule has 2 heterocycles. The van der Waals surface area contributed by atoms with Crippen molar-refractivity contribution in [3.05, 3.63) is 60.2 Å². The van der Waals surface area contributed by atoms with Gasteiger partial charge >= 0.3 is 11.9 Å². The largest absolute Gasteiger partial charge is 0.480 e. The van der Waals surface area contributed by atoms with Crippen molar-refractivity contribution in [3.63, 3.8) is 0 Å². The third-order valence-corrected chi connectivity index (χ3v) is 8.18. The van der Waals surface area contributed by atoms with E-state index in [1.54, 1.807) is 12.3 Å². The van der Waals surface area contributed by atoms with Crippen LogP contribution in [0.5, 0.6) is 0 Å². The number of carboxylic acids is 1. The fourth-order valence-electron chi connectivity index (χ4n) is 6.73. The summed E-state index contributed by atoms with van der Waals surface area (Å²) in [5, 5.41) is 12.4. The van der Waals surface area contributed by atoms with Gasteiger partial charge in [0.25, 0.3) is 0 Å². The van der Waals surface area contributed by atoms with Crippen molar-refractivity contribution in [3.8, 4) is 11.1 Å². The molecular weight excluding hydrogens is 447 g/mol. The van der Waals surface area contributed by atoms with E-state index in [9.17, 15) is 19.1 Å². The standard InChI is InChI=1S/C28H31FN2O4/c1-17-26-24(12-11-22-10-9-20(15-30-22)18-6-4-7-21(29)13-18)23-8-3-2-5-19(23)14-28(26,27(34)35-17)31-16-25(32)33/h4,6-7,9-13,15,17,19,23-24,26,31H,2-3,5,8,14,16H2,1H3,(H,32,33)/b12-11+/t17?,19?,23-,24+,26?,28?/m1/s1. The Labute approximate surface area is 204 Å². The predicted octanol–water partition coefficient (Wildman–Crippen LogP) is 4.70. The summed E-state index contributed by atoms with van der Waals surface area (Å²) < 4.78 is 19.3. The van der Waals surface area contributed by atoms with Crippen molar-refractivity contribution >= 4 is 18.0 Å². The van der Waals surface area contributed by atoms with Crippen LogP contribution in [0.1, 0.15) is 44.7 Å². The molecule has 2 N–H and O–H groups in total. The van der Waals surface area contributed by atoms with E-state index in [0.29, 0.717) is 18.3 Å². The minimum absolute atomic E-state index is 0.0708. The van der Waals surface area contributed by atoms with Crippen molar-refractivity contribution < 1.29 is 23.8 Å². The number of aliphatic carboxylic acids is 1. The average molecular weight is 479 g/mol. The summed E-state index contributed by atoms with van der Waals surface area (Å²) in [5.74, 6) is -0.890. The molecule has 1 aromatic carbocycles. The first kappa shape index (κ1) is 23.7. The molecule has 184 valence electrons. The quantitative estimate of drug-likeness (QED) is 0.585. The molecule has 6 nitrogen and oxygen atoms in total. The average Bonchev–Trinajstić information content (AvgIpc) is 3.10. The molecule has 0 spiro atoms. The zero-order valence-corrected chi connectivity index (χ0v) is 19.8. The molecule has 1 saturated heterocycles. The van der Waals surface area contributed by atoms with Gasteiger partial charge in [0, 0.05) is 17.7 Å². The Kier molecular flexibility index (Phi) is 6.45. The topological polar surface area (TPSA) is 88.5 Å². The van der Waals surface area contributed by atoms with Crippen LogP contribution in [0.15, 0.2) is 48.7 Å². The summed E-state index contributed by atoms with van der Waals surface area (Å²) in [6.45, 7) is 1.65. The second-order valence-corrected chi connectivity index (χ2v) is 10.2.